The van der Waals surface area contributed by atoms with E-state index in [-0.39, 0.29) is 24.0 Å². The SMILES string of the molecule is C[C@H](c1cc(C(F)(F)F)cc(C(F)(F)F)c1)N(C)C(=O)N1CCN(CC2CCC(CC(=O)O)CC2)CC1. The van der Waals surface area contributed by atoms with Gasteiger partial charge in [0.2, 0.25) is 0 Å². The number of hydrogen-bond donors (Lipinski definition) is 1. The van der Waals surface area contributed by atoms with Crippen LogP contribution in [0.15, 0.2) is 18.2 Å². The van der Waals surface area contributed by atoms with Crippen LogP contribution in [-0.2, 0) is 17.1 Å². The number of amides is 2. The van der Waals surface area contributed by atoms with Gasteiger partial charge in [0.05, 0.1) is 17.2 Å². The third-order valence-electron chi connectivity index (χ3n) is 7.56. The number of carboxylic acids is 1. The van der Waals surface area contributed by atoms with Crippen LogP contribution >= 0.6 is 0 Å². The predicted octanol–water partition coefficient (Wildman–Crippen LogP) is 5.74. The van der Waals surface area contributed by atoms with Crippen LogP contribution < -0.4 is 0 Å². The normalized spacial score (nSPS) is 22.5. The van der Waals surface area contributed by atoms with Crippen molar-refractivity contribution >= 4 is 12.0 Å². The summed E-state index contributed by atoms with van der Waals surface area (Å²) in [4.78, 5) is 28.9. The molecule has 0 aromatic heterocycles. The van der Waals surface area contributed by atoms with Gasteiger partial charge in [-0.25, -0.2) is 4.79 Å². The number of carbonyl (C=O) groups excluding carboxylic acids is 1. The molecule has 1 saturated heterocycles. The number of rotatable bonds is 6. The van der Waals surface area contributed by atoms with Crippen LogP contribution in [0.5, 0.6) is 0 Å². The van der Waals surface area contributed by atoms with Gasteiger partial charge in [0, 0.05) is 46.2 Å². The number of piperazine rings is 1. The first-order valence-electron chi connectivity index (χ1n) is 12.4. The number of benzene rings is 1. The Hall–Kier alpha value is -2.50. The summed E-state index contributed by atoms with van der Waals surface area (Å²) in [6.07, 6.45) is -5.98. The second-order valence-electron chi connectivity index (χ2n) is 10.2. The van der Waals surface area contributed by atoms with Gasteiger partial charge in [0.15, 0.2) is 0 Å². The summed E-state index contributed by atoms with van der Waals surface area (Å²) in [5, 5.41) is 8.95. The van der Waals surface area contributed by atoms with Gasteiger partial charge in [0.25, 0.3) is 0 Å². The zero-order chi connectivity index (χ0) is 27.5. The molecule has 6 nitrogen and oxygen atoms in total. The van der Waals surface area contributed by atoms with Gasteiger partial charge in [-0.05, 0) is 68.2 Å². The van der Waals surface area contributed by atoms with E-state index in [2.05, 4.69) is 4.90 Å². The lowest BCUT2D eigenvalue weighted by Gasteiger charge is -2.40. The fraction of sp³-hybridized carbons (Fsp3) is 0.680. The standard InChI is InChI=1S/C25H33F6N3O3/c1-16(19-12-20(24(26,27)28)14-21(13-19)25(29,30)31)32(2)23(37)34-9-7-33(8-10-34)15-18-5-3-17(4-6-18)11-22(35)36/h12-14,16-18H,3-11,15H2,1-2H3,(H,35,36)/t16-,17?,18?/m1/s1. The molecule has 1 heterocycles. The largest absolute Gasteiger partial charge is 0.481 e. The molecular formula is C25H33F6N3O3. The van der Waals surface area contributed by atoms with Gasteiger partial charge in [-0.15, -0.1) is 0 Å². The zero-order valence-electron chi connectivity index (χ0n) is 20.9. The molecule has 0 bridgehead atoms. The van der Waals surface area contributed by atoms with E-state index in [0.717, 1.165) is 32.2 Å². The highest BCUT2D eigenvalue weighted by Crippen LogP contribution is 2.38. The van der Waals surface area contributed by atoms with Crippen LogP contribution in [0.2, 0.25) is 0 Å². The Labute approximate surface area is 212 Å². The van der Waals surface area contributed by atoms with Crippen molar-refractivity contribution in [2.24, 2.45) is 11.8 Å². The molecule has 3 rings (SSSR count). The summed E-state index contributed by atoms with van der Waals surface area (Å²) in [7, 11) is 1.38. The van der Waals surface area contributed by atoms with Crippen LogP contribution in [0.25, 0.3) is 0 Å². The number of alkyl halides is 6. The molecular weight excluding hydrogens is 504 g/mol. The predicted molar refractivity (Wildman–Crippen MR) is 124 cm³/mol. The molecule has 0 radical (unpaired) electrons. The van der Waals surface area contributed by atoms with Crippen molar-refractivity contribution in [3.63, 3.8) is 0 Å². The first-order valence-corrected chi connectivity index (χ1v) is 12.4. The lowest BCUT2D eigenvalue weighted by atomic mass is 9.80. The molecule has 1 saturated carbocycles. The molecule has 1 aliphatic heterocycles. The summed E-state index contributed by atoms with van der Waals surface area (Å²) in [6.45, 7) is 4.31. The molecule has 1 N–H and O–H groups in total. The fourth-order valence-electron chi connectivity index (χ4n) is 5.18. The third-order valence-corrected chi connectivity index (χ3v) is 7.56. The Balaban J connectivity index is 1.57. The van der Waals surface area contributed by atoms with E-state index in [1.54, 1.807) is 4.90 Å². The Morgan fingerprint density at radius 2 is 1.41 bits per heavy atom. The van der Waals surface area contributed by atoms with E-state index in [9.17, 15) is 35.9 Å². The van der Waals surface area contributed by atoms with E-state index in [1.807, 2.05) is 0 Å². The van der Waals surface area contributed by atoms with E-state index >= 15 is 0 Å². The topological polar surface area (TPSA) is 64.1 Å². The maximum Gasteiger partial charge on any atom is 0.416 e. The molecule has 1 aromatic carbocycles. The van der Waals surface area contributed by atoms with Gasteiger partial charge in [-0.1, -0.05) is 0 Å². The van der Waals surface area contributed by atoms with E-state index in [1.165, 1.54) is 18.9 Å². The average Bonchev–Trinajstić information content (AvgIpc) is 2.82. The Kier molecular flexibility index (Phi) is 9.02. The van der Waals surface area contributed by atoms with Crippen LogP contribution in [0.3, 0.4) is 0 Å². The molecule has 2 fully saturated rings. The van der Waals surface area contributed by atoms with E-state index in [0.29, 0.717) is 44.2 Å². The maximum absolute atomic E-state index is 13.2. The molecule has 12 heteroatoms. The van der Waals surface area contributed by atoms with Crippen LogP contribution in [0.1, 0.15) is 61.8 Å². The number of carboxylic acid groups (broad SMARTS) is 1. The summed E-state index contributed by atoms with van der Waals surface area (Å²) in [5.41, 5.74) is -3.05. The number of urea groups is 1. The van der Waals surface area contributed by atoms with Crippen molar-refractivity contribution in [3.8, 4) is 0 Å². The lowest BCUT2D eigenvalue weighted by molar-refractivity contribution is -0.143. The molecule has 2 amide bonds. The van der Waals surface area contributed by atoms with Crippen LogP contribution in [-0.4, -0.2) is 71.6 Å². The Morgan fingerprint density at radius 1 is 0.919 bits per heavy atom. The second-order valence-corrected chi connectivity index (χ2v) is 10.2. The number of carbonyl (C=O) groups is 2. The first kappa shape index (κ1) is 29.1. The van der Waals surface area contributed by atoms with Crippen LogP contribution in [0, 0.1) is 11.8 Å². The molecule has 37 heavy (non-hydrogen) atoms. The summed E-state index contributed by atoms with van der Waals surface area (Å²) < 4.78 is 79.4. The average molecular weight is 538 g/mol. The third kappa shape index (κ3) is 7.75. The highest BCUT2D eigenvalue weighted by atomic mass is 19.4. The molecule has 1 aromatic rings. The van der Waals surface area contributed by atoms with Crippen molar-refractivity contribution < 1.29 is 41.0 Å². The van der Waals surface area contributed by atoms with E-state index in [4.69, 9.17) is 5.11 Å². The fourth-order valence-corrected chi connectivity index (χ4v) is 5.18. The van der Waals surface area contributed by atoms with Gasteiger partial charge in [-0.3, -0.25) is 9.69 Å². The van der Waals surface area contributed by atoms with Gasteiger partial charge < -0.3 is 14.9 Å². The minimum absolute atomic E-state index is 0.0793. The van der Waals surface area contributed by atoms with Crippen molar-refractivity contribution in [1.82, 2.24) is 14.7 Å². The van der Waals surface area contributed by atoms with Crippen molar-refractivity contribution in [1.29, 1.82) is 0 Å². The Morgan fingerprint density at radius 3 is 1.86 bits per heavy atom. The maximum atomic E-state index is 13.2. The molecule has 1 atom stereocenters. The lowest BCUT2D eigenvalue weighted by Crippen LogP contribution is -2.53. The Bertz CT molecular complexity index is 920. The quantitative estimate of drug-likeness (QED) is 0.471. The van der Waals surface area contributed by atoms with Gasteiger partial charge >= 0.3 is 24.4 Å². The van der Waals surface area contributed by atoms with Crippen molar-refractivity contribution in [2.45, 2.75) is 57.4 Å². The molecule has 0 spiro atoms. The van der Waals surface area contributed by atoms with Crippen LogP contribution in [0.4, 0.5) is 31.1 Å². The highest BCUT2D eigenvalue weighted by molar-refractivity contribution is 5.75. The minimum Gasteiger partial charge on any atom is -0.481 e. The molecule has 2 aliphatic rings. The van der Waals surface area contributed by atoms with Crippen molar-refractivity contribution in [2.75, 3.05) is 39.8 Å². The monoisotopic (exact) mass is 537 g/mol. The first-order chi connectivity index (χ1) is 17.1. The summed E-state index contributed by atoms with van der Waals surface area (Å²) in [5.74, 6) is -0.0686. The van der Waals surface area contributed by atoms with E-state index < -0.39 is 41.5 Å². The zero-order valence-corrected chi connectivity index (χ0v) is 20.9. The highest BCUT2D eigenvalue weighted by Gasteiger charge is 2.38. The smallest absolute Gasteiger partial charge is 0.416 e. The number of halogens is 6. The van der Waals surface area contributed by atoms with Crippen molar-refractivity contribution in [3.05, 3.63) is 34.9 Å². The summed E-state index contributed by atoms with van der Waals surface area (Å²) >= 11 is 0. The minimum atomic E-state index is -4.95. The second kappa shape index (κ2) is 11.5. The van der Waals surface area contributed by atoms with Gasteiger partial charge in [0.1, 0.15) is 0 Å². The van der Waals surface area contributed by atoms with Gasteiger partial charge in [-0.2, -0.15) is 26.3 Å². The molecule has 208 valence electrons. The number of aliphatic carboxylic acids is 1. The number of hydrogen-bond acceptors (Lipinski definition) is 3. The molecule has 0 unspecified atom stereocenters. The molecule has 1 aliphatic carbocycles. The number of nitrogens with zero attached hydrogens (tertiary/aromatic N) is 3. The summed E-state index contributed by atoms with van der Waals surface area (Å²) in [6, 6.07) is -0.0579.